The van der Waals surface area contributed by atoms with Crippen LogP contribution in [0.5, 0.6) is 0 Å². The maximum atomic E-state index is 12.5. The number of esters is 1. The predicted octanol–water partition coefficient (Wildman–Crippen LogP) is 5.50. The number of ether oxygens (including phenoxy) is 1. The SMILES string of the molecule is O=C(OC1CCC2CC3c4[nH]c5ccccc5c4CCN3CC2CC1)c1ccccc1. The van der Waals surface area contributed by atoms with E-state index < -0.39 is 0 Å². The zero-order chi connectivity index (χ0) is 20.8. The number of rotatable bonds is 2. The molecule has 1 saturated carbocycles. The summed E-state index contributed by atoms with van der Waals surface area (Å²) in [5.41, 5.74) is 4.94. The van der Waals surface area contributed by atoms with E-state index in [1.807, 2.05) is 30.3 Å². The van der Waals surface area contributed by atoms with E-state index in [9.17, 15) is 4.79 Å². The number of aromatic nitrogens is 1. The van der Waals surface area contributed by atoms with Crippen LogP contribution in [-0.4, -0.2) is 35.0 Å². The first kappa shape index (κ1) is 19.1. The summed E-state index contributed by atoms with van der Waals surface area (Å²) < 4.78 is 5.92. The van der Waals surface area contributed by atoms with E-state index in [0.29, 0.717) is 11.6 Å². The Hall–Kier alpha value is -2.59. The van der Waals surface area contributed by atoms with Crippen molar-refractivity contribution < 1.29 is 9.53 Å². The van der Waals surface area contributed by atoms with Gasteiger partial charge in [0.2, 0.25) is 0 Å². The van der Waals surface area contributed by atoms with Crippen LogP contribution in [0.3, 0.4) is 0 Å². The molecule has 6 rings (SSSR count). The third kappa shape index (κ3) is 3.47. The largest absolute Gasteiger partial charge is 0.459 e. The van der Waals surface area contributed by atoms with Crippen LogP contribution >= 0.6 is 0 Å². The molecule has 160 valence electrons. The number of aromatic amines is 1. The van der Waals surface area contributed by atoms with Gasteiger partial charge in [0.1, 0.15) is 6.10 Å². The van der Waals surface area contributed by atoms with Crippen molar-refractivity contribution in [1.82, 2.24) is 9.88 Å². The lowest BCUT2D eigenvalue weighted by Crippen LogP contribution is -2.45. The van der Waals surface area contributed by atoms with Crippen molar-refractivity contribution in [3.8, 4) is 0 Å². The third-order valence-electron chi connectivity index (χ3n) is 7.93. The van der Waals surface area contributed by atoms with Crippen molar-refractivity contribution >= 4 is 16.9 Å². The highest BCUT2D eigenvalue weighted by atomic mass is 16.5. The van der Waals surface area contributed by atoms with Crippen LogP contribution in [0.15, 0.2) is 54.6 Å². The minimum atomic E-state index is -0.171. The van der Waals surface area contributed by atoms with Gasteiger partial charge in [0.25, 0.3) is 0 Å². The lowest BCUT2D eigenvalue weighted by Gasteiger charge is -2.46. The number of carbonyl (C=O) groups excluding carboxylic acids is 1. The number of piperidine rings is 1. The molecule has 1 N–H and O–H groups in total. The van der Waals surface area contributed by atoms with Gasteiger partial charge in [0.05, 0.1) is 11.6 Å². The van der Waals surface area contributed by atoms with Gasteiger partial charge in [-0.1, -0.05) is 36.4 Å². The van der Waals surface area contributed by atoms with Crippen LogP contribution < -0.4 is 0 Å². The van der Waals surface area contributed by atoms with Crippen molar-refractivity contribution in [2.24, 2.45) is 11.8 Å². The molecule has 3 aliphatic rings. The maximum absolute atomic E-state index is 12.5. The summed E-state index contributed by atoms with van der Waals surface area (Å²) in [7, 11) is 0. The molecule has 0 radical (unpaired) electrons. The number of carbonyl (C=O) groups is 1. The highest BCUT2D eigenvalue weighted by molar-refractivity contribution is 5.89. The first-order valence-corrected chi connectivity index (χ1v) is 11.9. The molecule has 3 aromatic rings. The van der Waals surface area contributed by atoms with Crippen molar-refractivity contribution in [2.45, 2.75) is 50.7 Å². The van der Waals surface area contributed by atoms with Gasteiger partial charge in [-0.05, 0) is 74.1 Å². The van der Waals surface area contributed by atoms with E-state index in [1.165, 1.54) is 36.0 Å². The molecule has 4 nitrogen and oxygen atoms in total. The van der Waals surface area contributed by atoms with E-state index >= 15 is 0 Å². The molecule has 1 aliphatic carbocycles. The third-order valence-corrected chi connectivity index (χ3v) is 7.93. The number of H-pyrrole nitrogens is 1. The van der Waals surface area contributed by atoms with Crippen molar-refractivity contribution in [2.75, 3.05) is 13.1 Å². The smallest absolute Gasteiger partial charge is 0.338 e. The predicted molar refractivity (Wildman–Crippen MR) is 122 cm³/mol. The average molecular weight is 415 g/mol. The van der Waals surface area contributed by atoms with E-state index in [-0.39, 0.29) is 12.1 Å². The van der Waals surface area contributed by atoms with Gasteiger partial charge in [0.15, 0.2) is 0 Å². The standard InChI is InChI=1S/C27H30N2O2/c30-27(18-6-2-1-3-7-18)31-21-12-10-19-16-25-26-23(22-8-4-5-9-24(22)28-26)14-15-29(25)17-20(19)11-13-21/h1-9,19-21,25,28H,10-17H2. The van der Waals surface area contributed by atoms with Crippen LogP contribution in [0.1, 0.15) is 59.8 Å². The van der Waals surface area contributed by atoms with Gasteiger partial charge < -0.3 is 9.72 Å². The quantitative estimate of drug-likeness (QED) is 0.563. The number of nitrogens with zero attached hydrogens (tertiary/aromatic N) is 1. The second kappa shape index (κ2) is 7.83. The van der Waals surface area contributed by atoms with Gasteiger partial charge in [-0.15, -0.1) is 0 Å². The zero-order valence-corrected chi connectivity index (χ0v) is 17.9. The van der Waals surface area contributed by atoms with Gasteiger partial charge in [0, 0.05) is 29.7 Å². The summed E-state index contributed by atoms with van der Waals surface area (Å²) in [5, 5.41) is 1.41. The molecule has 3 heterocycles. The summed E-state index contributed by atoms with van der Waals surface area (Å²) in [4.78, 5) is 19.0. The summed E-state index contributed by atoms with van der Waals surface area (Å²) in [5.74, 6) is 1.28. The molecule has 31 heavy (non-hydrogen) atoms. The number of para-hydroxylation sites is 1. The highest BCUT2D eigenvalue weighted by Crippen LogP contribution is 2.46. The van der Waals surface area contributed by atoms with Crippen molar-refractivity contribution in [3.05, 3.63) is 71.4 Å². The fraction of sp³-hybridized carbons (Fsp3) is 0.444. The molecule has 2 aromatic carbocycles. The molecular weight excluding hydrogens is 384 g/mol. The summed E-state index contributed by atoms with van der Waals surface area (Å²) in [6, 6.07) is 18.7. The van der Waals surface area contributed by atoms with Crippen LogP contribution in [0.25, 0.3) is 10.9 Å². The number of fused-ring (bicyclic) bond motifs is 6. The van der Waals surface area contributed by atoms with E-state index in [4.69, 9.17) is 4.74 Å². The first-order valence-electron chi connectivity index (χ1n) is 11.9. The molecular formula is C27H30N2O2. The number of hydrogen-bond acceptors (Lipinski definition) is 3. The van der Waals surface area contributed by atoms with Gasteiger partial charge >= 0.3 is 5.97 Å². The van der Waals surface area contributed by atoms with Gasteiger partial charge in [-0.25, -0.2) is 4.79 Å². The van der Waals surface area contributed by atoms with Gasteiger partial charge in [-0.3, -0.25) is 4.90 Å². The molecule has 4 heteroatoms. The van der Waals surface area contributed by atoms with Crippen LogP contribution in [0, 0.1) is 11.8 Å². The molecule has 4 unspecified atom stereocenters. The van der Waals surface area contributed by atoms with Crippen LogP contribution in [-0.2, 0) is 11.2 Å². The second-order valence-corrected chi connectivity index (χ2v) is 9.63. The lowest BCUT2D eigenvalue weighted by molar-refractivity contribution is 0.0263. The minimum absolute atomic E-state index is 0.0546. The molecule has 2 fully saturated rings. The Morgan fingerprint density at radius 1 is 0.935 bits per heavy atom. The molecule has 0 amide bonds. The summed E-state index contributed by atoms with van der Waals surface area (Å²) in [6.07, 6.45) is 6.74. The molecule has 0 spiro atoms. The Kier molecular flexibility index (Phi) is 4.83. The Bertz CT molecular complexity index is 1090. The Morgan fingerprint density at radius 3 is 2.58 bits per heavy atom. The molecule has 1 aromatic heterocycles. The molecule has 2 aliphatic heterocycles. The Balaban J connectivity index is 1.17. The average Bonchev–Trinajstić information content (AvgIpc) is 3.09. The number of nitrogens with one attached hydrogen (secondary N) is 1. The van der Waals surface area contributed by atoms with Gasteiger partial charge in [-0.2, -0.15) is 0 Å². The highest BCUT2D eigenvalue weighted by Gasteiger charge is 2.41. The molecule has 0 bridgehead atoms. The Labute approximate surface area is 183 Å². The lowest BCUT2D eigenvalue weighted by atomic mass is 9.76. The van der Waals surface area contributed by atoms with E-state index in [1.54, 1.807) is 5.56 Å². The normalized spacial score (nSPS) is 28.3. The minimum Gasteiger partial charge on any atom is -0.459 e. The fourth-order valence-electron chi connectivity index (χ4n) is 6.32. The second-order valence-electron chi connectivity index (χ2n) is 9.63. The number of hydrogen-bond donors (Lipinski definition) is 1. The Morgan fingerprint density at radius 2 is 1.71 bits per heavy atom. The fourth-order valence-corrected chi connectivity index (χ4v) is 6.32. The van der Waals surface area contributed by atoms with Crippen molar-refractivity contribution in [1.29, 1.82) is 0 Å². The number of benzene rings is 2. The zero-order valence-electron chi connectivity index (χ0n) is 17.9. The van der Waals surface area contributed by atoms with Crippen LogP contribution in [0.2, 0.25) is 0 Å². The molecule has 4 atom stereocenters. The molecule has 1 saturated heterocycles. The summed E-state index contributed by atoms with van der Waals surface area (Å²) in [6.45, 7) is 2.35. The first-order chi connectivity index (χ1) is 15.3. The van der Waals surface area contributed by atoms with Crippen molar-refractivity contribution in [3.63, 3.8) is 0 Å². The van der Waals surface area contributed by atoms with E-state index in [2.05, 4.69) is 34.1 Å². The van der Waals surface area contributed by atoms with Crippen LogP contribution in [0.4, 0.5) is 0 Å². The monoisotopic (exact) mass is 414 g/mol. The maximum Gasteiger partial charge on any atom is 0.338 e. The van der Waals surface area contributed by atoms with E-state index in [0.717, 1.165) is 44.1 Å². The topological polar surface area (TPSA) is 45.3 Å². The summed E-state index contributed by atoms with van der Waals surface area (Å²) >= 11 is 0.